The molecule has 1 aromatic heterocycles. The standard InChI is InChI=1S/C20H24N2O2.ClH.H2O/c1-3-13-12-22-9-7-14(13)10-19(22)20(23)16-6-8-21-18-5-4-15(24-2)11-17(16)18;;/h3-6,8,11,13-14,19-20,23H,1,7,9-10,12H2,2H3;1H;1H2/p-1/t13-,14-,19+,20-;;/m0../s1. The van der Waals surface area contributed by atoms with Gasteiger partial charge < -0.3 is 27.7 Å². The molecule has 5 atom stereocenters. The van der Waals surface area contributed by atoms with Gasteiger partial charge >= 0.3 is 0 Å². The first-order chi connectivity index (χ1) is 11.7. The van der Waals surface area contributed by atoms with E-state index in [0.717, 1.165) is 41.7 Å². The summed E-state index contributed by atoms with van der Waals surface area (Å²) in [6.07, 6.45) is 5.62. The highest BCUT2D eigenvalue weighted by Gasteiger charge is 2.42. The molecule has 3 N–H and O–H groups in total. The number of hydrogen-bond donors (Lipinski definition) is 1. The molecular formula is C20H26ClN2O3-. The van der Waals surface area contributed by atoms with E-state index in [2.05, 4.69) is 22.5 Å². The molecule has 3 aliphatic rings. The summed E-state index contributed by atoms with van der Waals surface area (Å²) in [5.74, 6) is 2.01. The summed E-state index contributed by atoms with van der Waals surface area (Å²) in [7, 11) is 1.66. The quantitative estimate of drug-likeness (QED) is 0.718. The maximum Gasteiger partial charge on any atom is 0.119 e. The monoisotopic (exact) mass is 377 g/mol. The van der Waals surface area contributed by atoms with E-state index in [9.17, 15) is 5.11 Å². The van der Waals surface area contributed by atoms with Gasteiger partial charge in [-0.15, -0.1) is 6.58 Å². The largest absolute Gasteiger partial charge is 1.00 e. The van der Waals surface area contributed by atoms with Gasteiger partial charge in [0.05, 0.1) is 18.7 Å². The fourth-order valence-corrected chi connectivity index (χ4v) is 4.44. The number of pyridine rings is 1. The van der Waals surface area contributed by atoms with Crippen LogP contribution in [0.1, 0.15) is 24.5 Å². The third-order valence-electron chi connectivity index (χ3n) is 5.82. The van der Waals surface area contributed by atoms with Gasteiger partial charge in [0, 0.05) is 24.2 Å². The van der Waals surface area contributed by atoms with Crippen molar-refractivity contribution in [3.05, 3.63) is 48.7 Å². The fourth-order valence-electron chi connectivity index (χ4n) is 4.44. The van der Waals surface area contributed by atoms with Gasteiger partial charge in [-0.25, -0.2) is 0 Å². The lowest BCUT2D eigenvalue weighted by Gasteiger charge is -2.50. The van der Waals surface area contributed by atoms with E-state index < -0.39 is 6.10 Å². The Morgan fingerprint density at radius 2 is 2.19 bits per heavy atom. The number of methoxy groups -OCH3 is 1. The number of hydrogen-bond acceptors (Lipinski definition) is 4. The van der Waals surface area contributed by atoms with Crippen molar-refractivity contribution < 1.29 is 27.7 Å². The molecule has 1 unspecified atom stereocenters. The number of piperidine rings is 3. The number of ether oxygens (including phenoxy) is 1. The van der Waals surface area contributed by atoms with Crippen LogP contribution < -0.4 is 17.1 Å². The van der Waals surface area contributed by atoms with E-state index >= 15 is 0 Å². The van der Waals surface area contributed by atoms with Crippen LogP contribution in [0.3, 0.4) is 0 Å². The normalized spacial score (nSPS) is 27.9. The van der Waals surface area contributed by atoms with Crippen LogP contribution in [0.5, 0.6) is 5.75 Å². The molecule has 5 nitrogen and oxygen atoms in total. The second-order valence-corrected chi connectivity index (χ2v) is 6.97. The number of aromatic nitrogens is 1. The maximum absolute atomic E-state index is 11.2. The van der Waals surface area contributed by atoms with Crippen LogP contribution in [-0.2, 0) is 0 Å². The van der Waals surface area contributed by atoms with E-state index in [1.54, 1.807) is 13.3 Å². The summed E-state index contributed by atoms with van der Waals surface area (Å²) >= 11 is 0. The van der Waals surface area contributed by atoms with Gasteiger partial charge in [-0.05, 0) is 61.1 Å². The molecule has 3 fully saturated rings. The summed E-state index contributed by atoms with van der Waals surface area (Å²) < 4.78 is 5.35. The number of benzene rings is 1. The van der Waals surface area contributed by atoms with Gasteiger partial charge in [0.2, 0.25) is 0 Å². The molecule has 0 spiro atoms. The van der Waals surface area contributed by atoms with Crippen molar-refractivity contribution in [2.24, 2.45) is 11.8 Å². The van der Waals surface area contributed by atoms with Crippen molar-refractivity contribution in [3.63, 3.8) is 0 Å². The predicted octanol–water partition coefficient (Wildman–Crippen LogP) is -0.647. The molecule has 142 valence electrons. The Morgan fingerprint density at radius 1 is 1.38 bits per heavy atom. The fraction of sp³-hybridized carbons (Fsp3) is 0.450. The Labute approximate surface area is 160 Å². The second kappa shape index (κ2) is 8.35. The van der Waals surface area contributed by atoms with Crippen molar-refractivity contribution in [2.75, 3.05) is 20.2 Å². The van der Waals surface area contributed by atoms with Gasteiger partial charge in [0.15, 0.2) is 0 Å². The van der Waals surface area contributed by atoms with Crippen LogP contribution in [0.15, 0.2) is 43.1 Å². The molecule has 3 saturated heterocycles. The third-order valence-corrected chi connectivity index (χ3v) is 5.82. The van der Waals surface area contributed by atoms with Crippen molar-refractivity contribution in [1.29, 1.82) is 0 Å². The first-order valence-electron chi connectivity index (χ1n) is 8.68. The average molecular weight is 378 g/mol. The highest BCUT2D eigenvalue weighted by molar-refractivity contribution is 5.83. The smallest absolute Gasteiger partial charge is 0.119 e. The van der Waals surface area contributed by atoms with Crippen LogP contribution in [0.4, 0.5) is 0 Å². The SMILES string of the molecule is C=C[C@H]1CN2CC[C@H]1C[C@@H]2[C@@H](O)c1ccnc2ccc(OC)cc12.O.[Cl-]. The van der Waals surface area contributed by atoms with E-state index in [4.69, 9.17) is 4.74 Å². The van der Waals surface area contributed by atoms with E-state index in [-0.39, 0.29) is 23.9 Å². The van der Waals surface area contributed by atoms with Gasteiger partial charge in [0.1, 0.15) is 5.75 Å². The van der Waals surface area contributed by atoms with Crippen molar-refractivity contribution in [1.82, 2.24) is 9.88 Å². The zero-order chi connectivity index (χ0) is 16.7. The maximum atomic E-state index is 11.2. The number of rotatable bonds is 4. The van der Waals surface area contributed by atoms with Gasteiger partial charge in [-0.1, -0.05) is 6.08 Å². The van der Waals surface area contributed by atoms with E-state index in [0.29, 0.717) is 11.8 Å². The van der Waals surface area contributed by atoms with Crippen LogP contribution in [-0.4, -0.2) is 46.7 Å². The first kappa shape index (κ1) is 20.6. The molecule has 2 aromatic rings. The first-order valence-corrected chi connectivity index (χ1v) is 8.68. The highest BCUT2D eigenvalue weighted by atomic mass is 35.5. The lowest BCUT2D eigenvalue weighted by molar-refractivity contribution is -0.0444. The molecule has 1 aromatic carbocycles. The average Bonchev–Trinajstić information content (AvgIpc) is 2.66. The third kappa shape index (κ3) is 3.45. The molecule has 26 heavy (non-hydrogen) atoms. The molecule has 0 aliphatic carbocycles. The van der Waals surface area contributed by atoms with Crippen LogP contribution in [0.25, 0.3) is 10.9 Å². The van der Waals surface area contributed by atoms with Crippen LogP contribution in [0, 0.1) is 11.8 Å². The van der Waals surface area contributed by atoms with Crippen molar-refractivity contribution in [3.8, 4) is 5.75 Å². The zero-order valence-electron chi connectivity index (χ0n) is 14.9. The van der Waals surface area contributed by atoms with Crippen LogP contribution in [0.2, 0.25) is 0 Å². The summed E-state index contributed by atoms with van der Waals surface area (Å²) in [5.41, 5.74) is 1.85. The Morgan fingerprint density at radius 3 is 2.85 bits per heavy atom. The molecular weight excluding hydrogens is 352 g/mol. The number of aliphatic hydroxyl groups is 1. The van der Waals surface area contributed by atoms with E-state index in [1.165, 1.54) is 6.42 Å². The minimum Gasteiger partial charge on any atom is -1.00 e. The Bertz CT molecular complexity index is 770. The van der Waals surface area contributed by atoms with E-state index in [1.807, 2.05) is 24.3 Å². The summed E-state index contributed by atoms with van der Waals surface area (Å²) in [6, 6.07) is 7.96. The molecule has 0 amide bonds. The van der Waals surface area contributed by atoms with Gasteiger partial charge in [-0.2, -0.15) is 0 Å². The summed E-state index contributed by atoms with van der Waals surface area (Å²) in [4.78, 5) is 6.86. The molecule has 4 heterocycles. The topological polar surface area (TPSA) is 77.1 Å². The number of aliphatic hydroxyl groups excluding tert-OH is 1. The lowest BCUT2D eigenvalue weighted by atomic mass is 9.73. The minimum absolute atomic E-state index is 0. The molecule has 0 saturated carbocycles. The van der Waals surface area contributed by atoms with Crippen LogP contribution >= 0.6 is 0 Å². The predicted molar refractivity (Wildman–Crippen MR) is 98.6 cm³/mol. The number of nitrogens with zero attached hydrogens (tertiary/aromatic N) is 2. The summed E-state index contributed by atoms with van der Waals surface area (Å²) in [6.45, 7) is 6.07. The van der Waals surface area contributed by atoms with Crippen molar-refractivity contribution >= 4 is 10.9 Å². The number of fused-ring (bicyclic) bond motifs is 4. The Balaban J connectivity index is 0.00000121. The van der Waals surface area contributed by atoms with Gasteiger partial charge in [-0.3, -0.25) is 9.88 Å². The minimum atomic E-state index is -0.504. The second-order valence-electron chi connectivity index (χ2n) is 6.97. The van der Waals surface area contributed by atoms with Crippen molar-refractivity contribution in [2.45, 2.75) is 25.0 Å². The lowest BCUT2D eigenvalue weighted by Crippen LogP contribution is -3.00. The molecule has 6 heteroatoms. The molecule has 3 aliphatic heterocycles. The molecule has 2 bridgehead atoms. The Kier molecular flexibility index (Phi) is 6.64. The Hall–Kier alpha value is -1.66. The molecule has 5 rings (SSSR count). The highest BCUT2D eigenvalue weighted by Crippen LogP contribution is 2.42. The zero-order valence-corrected chi connectivity index (χ0v) is 15.7. The van der Waals surface area contributed by atoms with Gasteiger partial charge in [0.25, 0.3) is 0 Å². The number of halogens is 1. The molecule has 0 radical (unpaired) electrons. The summed E-state index contributed by atoms with van der Waals surface area (Å²) in [5, 5.41) is 12.1.